The molecule has 3 aromatic heterocycles. The zero-order valence-electron chi connectivity index (χ0n) is 15.7. The van der Waals surface area contributed by atoms with Gasteiger partial charge in [0.15, 0.2) is 5.13 Å². The fourth-order valence-corrected chi connectivity index (χ4v) is 4.19. The number of aryl methyl sites for hydroxylation is 2. The number of rotatable bonds is 5. The largest absolute Gasteiger partial charge is 0.316 e. The van der Waals surface area contributed by atoms with E-state index in [1.54, 1.807) is 11.3 Å². The van der Waals surface area contributed by atoms with Crippen LogP contribution in [0.4, 0.5) is 10.9 Å². The molecule has 1 atom stereocenters. The number of anilines is 2. The number of thiazole rings is 1. The van der Waals surface area contributed by atoms with Gasteiger partial charge in [0.2, 0.25) is 0 Å². The van der Waals surface area contributed by atoms with Crippen LogP contribution in [0.25, 0.3) is 0 Å². The Morgan fingerprint density at radius 1 is 1.15 bits per heavy atom. The first-order valence-electron chi connectivity index (χ1n) is 9.36. The molecule has 0 bridgehead atoms. The summed E-state index contributed by atoms with van der Waals surface area (Å²) < 4.78 is 0. The van der Waals surface area contributed by atoms with Gasteiger partial charge in [-0.1, -0.05) is 12.5 Å². The summed E-state index contributed by atoms with van der Waals surface area (Å²) in [6.07, 6.45) is 5.34. The average Bonchev–Trinajstić information content (AvgIpc) is 3.07. The van der Waals surface area contributed by atoms with Crippen molar-refractivity contribution in [3.05, 3.63) is 58.7 Å². The number of hydrogen-bond donors (Lipinski definition) is 1. The third-order valence-electron chi connectivity index (χ3n) is 4.73. The van der Waals surface area contributed by atoms with Gasteiger partial charge in [-0.05, 0) is 45.4 Å². The third-order valence-corrected chi connectivity index (χ3v) is 5.60. The summed E-state index contributed by atoms with van der Waals surface area (Å²) in [6.45, 7) is 5.90. The van der Waals surface area contributed by atoms with Crippen LogP contribution in [0, 0.1) is 13.8 Å². The van der Waals surface area contributed by atoms with Crippen molar-refractivity contribution in [3.8, 4) is 0 Å². The first-order chi connectivity index (χ1) is 13.2. The van der Waals surface area contributed by atoms with Gasteiger partial charge in [0.05, 0.1) is 17.4 Å². The van der Waals surface area contributed by atoms with E-state index >= 15 is 0 Å². The minimum absolute atomic E-state index is 0.222. The predicted molar refractivity (Wildman–Crippen MR) is 108 cm³/mol. The molecule has 0 saturated carbocycles. The topological polar surface area (TPSA) is 66.8 Å². The highest BCUT2D eigenvalue weighted by Crippen LogP contribution is 2.31. The lowest BCUT2D eigenvalue weighted by Gasteiger charge is -2.34. The second kappa shape index (κ2) is 8.10. The summed E-state index contributed by atoms with van der Waals surface area (Å²) in [4.78, 5) is 21.0. The van der Waals surface area contributed by atoms with Gasteiger partial charge in [-0.15, -0.1) is 11.3 Å². The Bertz CT molecular complexity index is 894. The Kier molecular flexibility index (Phi) is 5.40. The molecule has 1 fully saturated rings. The van der Waals surface area contributed by atoms with Gasteiger partial charge in [-0.2, -0.15) is 0 Å². The molecule has 1 saturated heterocycles. The quantitative estimate of drug-likeness (QED) is 0.707. The molecule has 6 nitrogen and oxygen atoms in total. The Labute approximate surface area is 163 Å². The van der Waals surface area contributed by atoms with Crippen LogP contribution in [-0.2, 0) is 6.54 Å². The Balaban J connectivity index is 1.58. The first kappa shape index (κ1) is 18.0. The second-order valence-corrected chi connectivity index (χ2v) is 7.83. The first-order valence-corrected chi connectivity index (χ1v) is 10.2. The summed E-state index contributed by atoms with van der Waals surface area (Å²) in [7, 11) is 0. The van der Waals surface area contributed by atoms with E-state index in [9.17, 15) is 0 Å². The number of likely N-dealkylation sites (tertiary alicyclic amines) is 1. The van der Waals surface area contributed by atoms with Crippen LogP contribution in [0.1, 0.15) is 48.2 Å². The van der Waals surface area contributed by atoms with Crippen molar-refractivity contribution in [2.24, 2.45) is 0 Å². The number of aromatic nitrogens is 4. The average molecular weight is 381 g/mol. The lowest BCUT2D eigenvalue weighted by Crippen LogP contribution is -2.34. The zero-order chi connectivity index (χ0) is 18.6. The van der Waals surface area contributed by atoms with Crippen molar-refractivity contribution in [2.45, 2.75) is 45.7 Å². The van der Waals surface area contributed by atoms with Gasteiger partial charge in [-0.25, -0.2) is 15.0 Å². The maximum absolute atomic E-state index is 4.84. The van der Waals surface area contributed by atoms with Gasteiger partial charge in [0.25, 0.3) is 0 Å². The Morgan fingerprint density at radius 2 is 2.07 bits per heavy atom. The molecular weight excluding hydrogens is 356 g/mol. The van der Waals surface area contributed by atoms with E-state index in [-0.39, 0.29) is 6.04 Å². The number of nitrogens with zero attached hydrogens (tertiary/aromatic N) is 5. The lowest BCUT2D eigenvalue weighted by atomic mass is 10.0. The van der Waals surface area contributed by atoms with E-state index in [1.807, 2.05) is 43.6 Å². The summed E-state index contributed by atoms with van der Waals surface area (Å²) in [6, 6.07) is 8.29. The van der Waals surface area contributed by atoms with Crippen LogP contribution in [0.3, 0.4) is 0 Å². The molecule has 1 aliphatic heterocycles. The zero-order valence-corrected chi connectivity index (χ0v) is 16.5. The van der Waals surface area contributed by atoms with E-state index < -0.39 is 0 Å². The summed E-state index contributed by atoms with van der Waals surface area (Å²) in [5.74, 6) is 1.71. The predicted octanol–water partition coefficient (Wildman–Crippen LogP) is 4.42. The molecule has 4 rings (SSSR count). The summed E-state index contributed by atoms with van der Waals surface area (Å²) >= 11 is 1.59. The number of piperidine rings is 1. The fraction of sp³-hybridized carbons (Fsp3) is 0.400. The Morgan fingerprint density at radius 3 is 2.85 bits per heavy atom. The monoisotopic (exact) mass is 380 g/mol. The van der Waals surface area contributed by atoms with E-state index in [2.05, 4.69) is 26.3 Å². The number of nitrogens with one attached hydrogen (secondary N) is 1. The van der Waals surface area contributed by atoms with E-state index in [0.717, 1.165) is 53.4 Å². The van der Waals surface area contributed by atoms with Crippen LogP contribution in [0.2, 0.25) is 0 Å². The van der Waals surface area contributed by atoms with Crippen molar-refractivity contribution >= 4 is 22.3 Å². The summed E-state index contributed by atoms with van der Waals surface area (Å²) in [5.41, 5.74) is 3.08. The van der Waals surface area contributed by atoms with Crippen molar-refractivity contribution in [1.82, 2.24) is 24.8 Å². The smallest absolute Gasteiger partial charge is 0.188 e. The van der Waals surface area contributed by atoms with Crippen molar-refractivity contribution in [2.75, 3.05) is 11.9 Å². The van der Waals surface area contributed by atoms with Gasteiger partial charge in [0, 0.05) is 29.9 Å². The maximum atomic E-state index is 4.84. The molecule has 0 aromatic carbocycles. The molecule has 1 unspecified atom stereocenters. The molecule has 27 heavy (non-hydrogen) atoms. The van der Waals surface area contributed by atoms with E-state index in [1.165, 1.54) is 12.8 Å². The van der Waals surface area contributed by atoms with Crippen molar-refractivity contribution in [3.63, 3.8) is 0 Å². The van der Waals surface area contributed by atoms with Crippen LogP contribution in [0.5, 0.6) is 0 Å². The second-order valence-electron chi connectivity index (χ2n) is 6.97. The van der Waals surface area contributed by atoms with E-state index in [0.29, 0.717) is 0 Å². The highest BCUT2D eigenvalue weighted by atomic mass is 32.1. The molecular formula is C20H24N6S. The number of hydrogen-bond acceptors (Lipinski definition) is 7. The Hall–Kier alpha value is -2.38. The molecule has 4 heterocycles. The molecule has 7 heteroatoms. The highest BCUT2D eigenvalue weighted by molar-refractivity contribution is 7.13. The molecule has 1 N–H and O–H groups in total. The van der Waals surface area contributed by atoms with Gasteiger partial charge < -0.3 is 5.32 Å². The standard InChI is InChI=1S/C20H24N6S/c1-14-11-18(25-20-23-15(2)13-27-20)24-19(22-14)17-8-4-6-10-26(17)12-16-7-3-5-9-21-16/h3,5,7,9,11,13,17H,4,6,8,10,12H2,1-2H3,(H,22,23,24,25). The van der Waals surface area contributed by atoms with Gasteiger partial charge in [0.1, 0.15) is 11.6 Å². The minimum Gasteiger partial charge on any atom is -0.316 e. The molecule has 3 aromatic rings. The van der Waals surface area contributed by atoms with Crippen molar-refractivity contribution in [1.29, 1.82) is 0 Å². The molecule has 0 radical (unpaired) electrons. The van der Waals surface area contributed by atoms with Crippen LogP contribution in [-0.4, -0.2) is 31.4 Å². The molecule has 0 aliphatic carbocycles. The SMILES string of the molecule is Cc1cc(Nc2nc(C)cs2)nc(C2CCCCN2Cc2ccccn2)n1. The number of pyridine rings is 1. The highest BCUT2D eigenvalue weighted by Gasteiger charge is 2.27. The van der Waals surface area contributed by atoms with Gasteiger partial charge >= 0.3 is 0 Å². The van der Waals surface area contributed by atoms with Gasteiger partial charge in [-0.3, -0.25) is 9.88 Å². The maximum Gasteiger partial charge on any atom is 0.188 e. The summed E-state index contributed by atoms with van der Waals surface area (Å²) in [5, 5.41) is 6.24. The molecule has 140 valence electrons. The normalized spacial score (nSPS) is 17.8. The van der Waals surface area contributed by atoms with Crippen LogP contribution >= 0.6 is 11.3 Å². The lowest BCUT2D eigenvalue weighted by molar-refractivity contribution is 0.132. The minimum atomic E-state index is 0.222. The molecule has 0 amide bonds. The van der Waals surface area contributed by atoms with E-state index in [4.69, 9.17) is 9.97 Å². The van der Waals surface area contributed by atoms with Crippen molar-refractivity contribution < 1.29 is 0 Å². The third kappa shape index (κ3) is 4.48. The fourth-order valence-electron chi connectivity index (χ4n) is 3.50. The molecule has 1 aliphatic rings. The molecule has 0 spiro atoms. The van der Waals surface area contributed by atoms with Crippen LogP contribution < -0.4 is 5.32 Å². The van der Waals surface area contributed by atoms with Crippen LogP contribution in [0.15, 0.2) is 35.8 Å².